The molecule has 0 radical (unpaired) electrons. The Labute approximate surface area is 84.0 Å². The van der Waals surface area contributed by atoms with Gasteiger partial charge in [0.1, 0.15) is 0 Å². The molecule has 0 bridgehead atoms. The number of nitrogens with two attached hydrogens (primary N) is 1. The Morgan fingerprint density at radius 1 is 1.07 bits per heavy atom. The maximum atomic E-state index is 5.92. The summed E-state index contributed by atoms with van der Waals surface area (Å²) in [5, 5.41) is 0. The summed E-state index contributed by atoms with van der Waals surface area (Å²) < 4.78 is 2.14. The number of hydrogen-bond donors (Lipinski definition) is 1. The van der Waals surface area contributed by atoms with Gasteiger partial charge in [0.25, 0.3) is 0 Å². The standard InChI is InChI=1S/C12H14N2/c1-9-7-8-12(14(9)2)10-5-3-4-6-11(10)13/h3-8H,13H2,1-2H3. The molecule has 2 rings (SSSR count). The lowest BCUT2D eigenvalue weighted by Crippen LogP contribution is -1.96. The van der Waals surface area contributed by atoms with E-state index in [9.17, 15) is 0 Å². The summed E-state index contributed by atoms with van der Waals surface area (Å²) in [5.74, 6) is 0. The van der Waals surface area contributed by atoms with E-state index in [1.54, 1.807) is 0 Å². The fraction of sp³-hybridized carbons (Fsp3) is 0.167. The summed E-state index contributed by atoms with van der Waals surface area (Å²) in [6.07, 6.45) is 0. The van der Waals surface area contributed by atoms with Gasteiger partial charge in [-0.15, -0.1) is 0 Å². The molecule has 0 saturated carbocycles. The zero-order chi connectivity index (χ0) is 10.1. The van der Waals surface area contributed by atoms with Crippen LogP contribution < -0.4 is 5.73 Å². The lowest BCUT2D eigenvalue weighted by molar-refractivity contribution is 0.891. The van der Waals surface area contributed by atoms with Crippen LogP contribution in [0.15, 0.2) is 36.4 Å². The van der Waals surface area contributed by atoms with Crippen LogP contribution in [0.5, 0.6) is 0 Å². The number of anilines is 1. The van der Waals surface area contributed by atoms with Gasteiger partial charge in [-0.2, -0.15) is 0 Å². The first-order chi connectivity index (χ1) is 6.70. The van der Waals surface area contributed by atoms with Gasteiger partial charge < -0.3 is 10.3 Å². The van der Waals surface area contributed by atoms with Crippen LogP contribution in [0.1, 0.15) is 5.69 Å². The molecular formula is C12H14N2. The van der Waals surface area contributed by atoms with E-state index in [1.165, 1.54) is 11.4 Å². The molecule has 0 atom stereocenters. The van der Waals surface area contributed by atoms with Crippen molar-refractivity contribution in [1.82, 2.24) is 4.57 Å². The van der Waals surface area contributed by atoms with Gasteiger partial charge in [-0.1, -0.05) is 18.2 Å². The summed E-state index contributed by atoms with van der Waals surface area (Å²) in [5.41, 5.74) is 10.3. The molecule has 0 fully saturated rings. The minimum atomic E-state index is 0.828. The Morgan fingerprint density at radius 2 is 1.79 bits per heavy atom. The van der Waals surface area contributed by atoms with E-state index in [2.05, 4.69) is 30.7 Å². The number of benzene rings is 1. The first-order valence-corrected chi connectivity index (χ1v) is 4.67. The van der Waals surface area contributed by atoms with Crippen molar-refractivity contribution in [3.63, 3.8) is 0 Å². The van der Waals surface area contributed by atoms with Crippen LogP contribution in [0, 0.1) is 6.92 Å². The molecular weight excluding hydrogens is 172 g/mol. The average molecular weight is 186 g/mol. The van der Waals surface area contributed by atoms with Gasteiger partial charge in [0.05, 0.1) is 5.69 Å². The number of nitrogens with zero attached hydrogens (tertiary/aromatic N) is 1. The minimum Gasteiger partial charge on any atom is -0.398 e. The first-order valence-electron chi connectivity index (χ1n) is 4.67. The topological polar surface area (TPSA) is 30.9 Å². The van der Waals surface area contributed by atoms with Crippen molar-refractivity contribution in [2.75, 3.05) is 5.73 Å². The van der Waals surface area contributed by atoms with E-state index in [-0.39, 0.29) is 0 Å². The minimum absolute atomic E-state index is 0.828. The predicted octanol–water partition coefficient (Wildman–Crippen LogP) is 2.58. The molecule has 0 unspecified atom stereocenters. The highest BCUT2D eigenvalue weighted by molar-refractivity contribution is 5.74. The smallest absolute Gasteiger partial charge is 0.0500 e. The number of hydrogen-bond acceptors (Lipinski definition) is 1. The molecule has 1 aromatic carbocycles. The quantitative estimate of drug-likeness (QED) is 0.682. The summed E-state index contributed by atoms with van der Waals surface area (Å²) in [6, 6.07) is 12.1. The molecule has 0 saturated heterocycles. The monoisotopic (exact) mass is 186 g/mol. The fourth-order valence-electron chi connectivity index (χ4n) is 1.61. The second kappa shape index (κ2) is 3.22. The van der Waals surface area contributed by atoms with Gasteiger partial charge in [-0.25, -0.2) is 0 Å². The summed E-state index contributed by atoms with van der Waals surface area (Å²) in [6.45, 7) is 2.09. The molecule has 0 aliphatic heterocycles. The van der Waals surface area contributed by atoms with Gasteiger partial charge in [-0.3, -0.25) is 0 Å². The Bertz CT molecular complexity index is 455. The second-order valence-corrected chi connectivity index (χ2v) is 3.51. The highest BCUT2D eigenvalue weighted by Crippen LogP contribution is 2.26. The molecule has 72 valence electrons. The second-order valence-electron chi connectivity index (χ2n) is 3.51. The molecule has 14 heavy (non-hydrogen) atoms. The molecule has 0 aliphatic rings. The van der Waals surface area contributed by atoms with Crippen molar-refractivity contribution in [1.29, 1.82) is 0 Å². The third-order valence-corrected chi connectivity index (χ3v) is 2.61. The molecule has 0 amide bonds. The van der Waals surface area contributed by atoms with Crippen LogP contribution in [0.25, 0.3) is 11.3 Å². The Balaban J connectivity index is 2.60. The average Bonchev–Trinajstić information content (AvgIpc) is 2.49. The molecule has 2 nitrogen and oxygen atoms in total. The van der Waals surface area contributed by atoms with Crippen molar-refractivity contribution < 1.29 is 0 Å². The highest BCUT2D eigenvalue weighted by atomic mass is 14.9. The Morgan fingerprint density at radius 3 is 2.36 bits per heavy atom. The van der Waals surface area contributed by atoms with Crippen LogP contribution in [0.2, 0.25) is 0 Å². The highest BCUT2D eigenvalue weighted by Gasteiger charge is 2.05. The van der Waals surface area contributed by atoms with Gasteiger partial charge in [-0.05, 0) is 25.1 Å². The van der Waals surface area contributed by atoms with E-state index in [0.29, 0.717) is 0 Å². The zero-order valence-electron chi connectivity index (χ0n) is 8.49. The zero-order valence-corrected chi connectivity index (χ0v) is 8.49. The van der Waals surface area contributed by atoms with Crippen molar-refractivity contribution in [2.24, 2.45) is 7.05 Å². The van der Waals surface area contributed by atoms with Crippen LogP contribution in [-0.2, 0) is 7.05 Å². The number of para-hydroxylation sites is 1. The molecule has 0 spiro atoms. The van der Waals surface area contributed by atoms with E-state index in [4.69, 9.17) is 5.73 Å². The summed E-state index contributed by atoms with van der Waals surface area (Å²) in [7, 11) is 2.05. The molecule has 2 heteroatoms. The van der Waals surface area contributed by atoms with Gasteiger partial charge in [0, 0.05) is 24.0 Å². The van der Waals surface area contributed by atoms with Gasteiger partial charge in [0.2, 0.25) is 0 Å². The molecule has 2 N–H and O–H groups in total. The maximum absolute atomic E-state index is 5.92. The molecule has 0 aliphatic carbocycles. The number of nitrogen functional groups attached to an aromatic ring is 1. The van der Waals surface area contributed by atoms with Crippen LogP contribution >= 0.6 is 0 Å². The van der Waals surface area contributed by atoms with Crippen molar-refractivity contribution in [3.8, 4) is 11.3 Å². The predicted molar refractivity (Wildman–Crippen MR) is 60.0 cm³/mol. The third-order valence-electron chi connectivity index (χ3n) is 2.61. The summed E-state index contributed by atoms with van der Waals surface area (Å²) >= 11 is 0. The molecule has 1 aromatic heterocycles. The van der Waals surface area contributed by atoms with Crippen molar-refractivity contribution in [2.45, 2.75) is 6.92 Å². The van der Waals surface area contributed by atoms with E-state index in [0.717, 1.165) is 11.3 Å². The SMILES string of the molecule is Cc1ccc(-c2ccccc2N)n1C. The first kappa shape index (κ1) is 8.88. The van der Waals surface area contributed by atoms with Crippen molar-refractivity contribution >= 4 is 5.69 Å². The normalized spacial score (nSPS) is 10.4. The van der Waals surface area contributed by atoms with Crippen LogP contribution in [-0.4, -0.2) is 4.57 Å². The van der Waals surface area contributed by atoms with Gasteiger partial charge >= 0.3 is 0 Å². The molecule has 2 aromatic rings. The Hall–Kier alpha value is -1.70. The largest absolute Gasteiger partial charge is 0.398 e. The lowest BCUT2D eigenvalue weighted by atomic mass is 10.1. The van der Waals surface area contributed by atoms with E-state index >= 15 is 0 Å². The number of rotatable bonds is 1. The number of aromatic nitrogens is 1. The Kier molecular flexibility index (Phi) is 2.04. The summed E-state index contributed by atoms with van der Waals surface area (Å²) in [4.78, 5) is 0. The third kappa shape index (κ3) is 1.29. The van der Waals surface area contributed by atoms with E-state index in [1.807, 2.05) is 24.3 Å². The molecule has 1 heterocycles. The maximum Gasteiger partial charge on any atom is 0.0500 e. The van der Waals surface area contributed by atoms with Crippen LogP contribution in [0.3, 0.4) is 0 Å². The van der Waals surface area contributed by atoms with Crippen LogP contribution in [0.4, 0.5) is 5.69 Å². The fourth-order valence-corrected chi connectivity index (χ4v) is 1.61. The lowest BCUT2D eigenvalue weighted by Gasteiger charge is -2.07. The van der Waals surface area contributed by atoms with Gasteiger partial charge in [0.15, 0.2) is 0 Å². The number of aryl methyl sites for hydroxylation is 1. The van der Waals surface area contributed by atoms with Crippen molar-refractivity contribution in [3.05, 3.63) is 42.1 Å². The van der Waals surface area contributed by atoms with E-state index < -0.39 is 0 Å².